The molecule has 0 bridgehead atoms. The number of benzene rings is 1. The first-order valence-corrected chi connectivity index (χ1v) is 10.1. The van der Waals surface area contributed by atoms with Gasteiger partial charge in [-0.1, -0.05) is 30.5 Å². The van der Waals surface area contributed by atoms with Crippen LogP contribution in [-0.2, 0) is 4.79 Å². The minimum atomic E-state index is -0.896. The van der Waals surface area contributed by atoms with Gasteiger partial charge in [-0.3, -0.25) is 9.59 Å². The highest BCUT2D eigenvalue weighted by atomic mass is 32.1. The number of carbonyl (C=O) groups is 2. The van der Waals surface area contributed by atoms with Crippen LogP contribution in [0.25, 0.3) is 0 Å². The Morgan fingerprint density at radius 1 is 1.21 bits per heavy atom. The van der Waals surface area contributed by atoms with Crippen LogP contribution >= 0.6 is 11.5 Å². The molecule has 0 radical (unpaired) electrons. The second kappa shape index (κ2) is 9.23. The van der Waals surface area contributed by atoms with E-state index in [1.165, 1.54) is 29.2 Å². The molecule has 0 aliphatic heterocycles. The van der Waals surface area contributed by atoms with Gasteiger partial charge in [-0.15, -0.1) is 5.10 Å². The molecule has 1 aromatic heterocycles. The van der Waals surface area contributed by atoms with Crippen molar-refractivity contribution in [2.75, 3.05) is 6.54 Å². The highest BCUT2D eigenvalue weighted by Crippen LogP contribution is 2.25. The fourth-order valence-corrected chi connectivity index (χ4v) is 3.14. The van der Waals surface area contributed by atoms with Gasteiger partial charge in [-0.25, -0.2) is 4.39 Å². The van der Waals surface area contributed by atoms with Crippen molar-refractivity contribution in [2.45, 2.75) is 52.6 Å². The summed E-state index contributed by atoms with van der Waals surface area (Å²) >= 11 is 1.08. The van der Waals surface area contributed by atoms with Crippen LogP contribution < -0.4 is 5.32 Å². The number of nitrogens with zero attached hydrogens (tertiary/aromatic N) is 3. The second-order valence-electron chi connectivity index (χ2n) is 8.16. The molecule has 0 aliphatic carbocycles. The standard InChI is InChI=1S/C20H27FN4O2S/c1-13(2)10-11-25(19(27)16-12-28-24-23-16)17(18(26)22-20(3,4)5)14-6-8-15(21)9-7-14/h6-9,12-13,17H,10-11H2,1-5H3,(H,22,26)/t17-/m0/s1. The topological polar surface area (TPSA) is 75.2 Å². The molecule has 8 heteroatoms. The van der Waals surface area contributed by atoms with Crippen molar-refractivity contribution in [3.63, 3.8) is 0 Å². The number of hydrogen-bond donors (Lipinski definition) is 1. The van der Waals surface area contributed by atoms with Crippen molar-refractivity contribution in [3.05, 3.63) is 46.7 Å². The van der Waals surface area contributed by atoms with Gasteiger partial charge in [0, 0.05) is 17.5 Å². The van der Waals surface area contributed by atoms with E-state index >= 15 is 0 Å². The molecular formula is C20H27FN4O2S. The minimum absolute atomic E-state index is 0.199. The van der Waals surface area contributed by atoms with Gasteiger partial charge >= 0.3 is 0 Å². The largest absolute Gasteiger partial charge is 0.349 e. The monoisotopic (exact) mass is 406 g/mol. The van der Waals surface area contributed by atoms with Crippen LogP contribution in [-0.4, -0.2) is 38.4 Å². The summed E-state index contributed by atoms with van der Waals surface area (Å²) in [7, 11) is 0. The van der Waals surface area contributed by atoms with E-state index < -0.39 is 17.4 Å². The smallest absolute Gasteiger partial charge is 0.276 e. The Morgan fingerprint density at radius 3 is 2.36 bits per heavy atom. The first-order chi connectivity index (χ1) is 13.1. The molecule has 1 aromatic carbocycles. The van der Waals surface area contributed by atoms with Gasteiger partial charge in [0.25, 0.3) is 5.91 Å². The lowest BCUT2D eigenvalue weighted by molar-refractivity contribution is -0.127. The third kappa shape index (κ3) is 6.09. The van der Waals surface area contributed by atoms with Crippen LogP contribution in [0.2, 0.25) is 0 Å². The van der Waals surface area contributed by atoms with Gasteiger partial charge in [0.1, 0.15) is 11.9 Å². The molecule has 6 nitrogen and oxygen atoms in total. The van der Waals surface area contributed by atoms with E-state index in [-0.39, 0.29) is 17.5 Å². The Hall–Kier alpha value is -2.35. The van der Waals surface area contributed by atoms with Gasteiger partial charge < -0.3 is 10.2 Å². The SMILES string of the molecule is CC(C)CCN(C(=O)c1csnn1)[C@H](C(=O)NC(C)(C)C)c1ccc(F)cc1. The Morgan fingerprint density at radius 2 is 1.86 bits per heavy atom. The first kappa shape index (κ1) is 21.9. The van der Waals surface area contributed by atoms with Crippen LogP contribution in [0, 0.1) is 11.7 Å². The van der Waals surface area contributed by atoms with E-state index in [0.29, 0.717) is 24.4 Å². The summed E-state index contributed by atoms with van der Waals surface area (Å²) in [6.07, 6.45) is 0.712. The summed E-state index contributed by atoms with van der Waals surface area (Å²) in [6, 6.07) is 4.77. The van der Waals surface area contributed by atoms with Crippen molar-refractivity contribution in [1.29, 1.82) is 0 Å². The first-order valence-electron chi connectivity index (χ1n) is 9.24. The Bertz CT molecular complexity index is 786. The lowest BCUT2D eigenvalue weighted by Crippen LogP contribution is -2.49. The van der Waals surface area contributed by atoms with E-state index in [1.54, 1.807) is 5.38 Å². The Balaban J connectivity index is 2.47. The summed E-state index contributed by atoms with van der Waals surface area (Å²) in [5.74, 6) is -0.752. The Labute approximate surface area is 169 Å². The molecule has 0 saturated heterocycles. The van der Waals surface area contributed by atoms with Crippen LogP contribution in [0.1, 0.15) is 63.1 Å². The summed E-state index contributed by atoms with van der Waals surface area (Å²) in [5.41, 5.74) is 0.262. The minimum Gasteiger partial charge on any atom is -0.349 e. The van der Waals surface area contributed by atoms with Crippen molar-refractivity contribution >= 4 is 23.3 Å². The highest BCUT2D eigenvalue weighted by molar-refractivity contribution is 7.03. The zero-order valence-corrected chi connectivity index (χ0v) is 17.7. The summed E-state index contributed by atoms with van der Waals surface area (Å²) < 4.78 is 17.2. The molecule has 0 aliphatic rings. The van der Waals surface area contributed by atoms with Crippen LogP contribution in [0.3, 0.4) is 0 Å². The van der Waals surface area contributed by atoms with E-state index in [0.717, 1.165) is 11.5 Å². The molecule has 0 spiro atoms. The van der Waals surface area contributed by atoms with Crippen LogP contribution in [0.5, 0.6) is 0 Å². The zero-order chi connectivity index (χ0) is 20.9. The predicted molar refractivity (Wildman–Crippen MR) is 107 cm³/mol. The lowest BCUT2D eigenvalue weighted by Gasteiger charge is -2.33. The molecule has 1 atom stereocenters. The molecule has 1 N–H and O–H groups in total. The van der Waals surface area contributed by atoms with Crippen LogP contribution in [0.15, 0.2) is 29.6 Å². The number of halogens is 1. The highest BCUT2D eigenvalue weighted by Gasteiger charge is 2.34. The molecule has 0 saturated carbocycles. The predicted octanol–water partition coefficient (Wildman–Crippen LogP) is 3.82. The summed E-state index contributed by atoms with van der Waals surface area (Å²) in [4.78, 5) is 27.8. The Kier molecular flexibility index (Phi) is 7.23. The number of amides is 2. The molecule has 2 aromatic rings. The second-order valence-corrected chi connectivity index (χ2v) is 8.77. The molecule has 0 fully saturated rings. The van der Waals surface area contributed by atoms with Gasteiger partial charge in [-0.05, 0) is 62.3 Å². The number of hydrogen-bond acceptors (Lipinski definition) is 5. The van der Waals surface area contributed by atoms with Crippen molar-refractivity contribution in [1.82, 2.24) is 19.8 Å². The molecule has 152 valence electrons. The third-order valence-corrected chi connectivity index (χ3v) is 4.54. The van der Waals surface area contributed by atoms with Crippen molar-refractivity contribution in [3.8, 4) is 0 Å². The number of carbonyl (C=O) groups excluding carboxylic acids is 2. The quantitative estimate of drug-likeness (QED) is 0.758. The maximum absolute atomic E-state index is 13.5. The molecule has 1 heterocycles. The maximum Gasteiger partial charge on any atom is 0.276 e. The van der Waals surface area contributed by atoms with Crippen LogP contribution in [0.4, 0.5) is 4.39 Å². The zero-order valence-electron chi connectivity index (χ0n) is 16.9. The maximum atomic E-state index is 13.5. The molecule has 2 rings (SSSR count). The van der Waals surface area contributed by atoms with E-state index in [9.17, 15) is 14.0 Å². The average molecular weight is 407 g/mol. The third-order valence-electron chi connectivity index (χ3n) is 4.03. The van der Waals surface area contributed by atoms with Gasteiger partial charge in [0.15, 0.2) is 5.69 Å². The molecular weight excluding hydrogens is 379 g/mol. The van der Waals surface area contributed by atoms with E-state index in [4.69, 9.17) is 0 Å². The lowest BCUT2D eigenvalue weighted by atomic mass is 10.00. The van der Waals surface area contributed by atoms with Crippen molar-refractivity contribution < 1.29 is 14.0 Å². The molecule has 2 amide bonds. The average Bonchev–Trinajstić information content (AvgIpc) is 3.12. The number of rotatable bonds is 7. The fourth-order valence-electron chi connectivity index (χ4n) is 2.71. The van der Waals surface area contributed by atoms with E-state index in [1.807, 2.05) is 20.8 Å². The van der Waals surface area contributed by atoms with Crippen molar-refractivity contribution in [2.24, 2.45) is 5.92 Å². The van der Waals surface area contributed by atoms with Gasteiger partial charge in [0.05, 0.1) is 0 Å². The summed E-state index contributed by atoms with van der Waals surface area (Å²) in [6.45, 7) is 10.1. The fraction of sp³-hybridized carbons (Fsp3) is 0.500. The van der Waals surface area contributed by atoms with Gasteiger partial charge in [0.2, 0.25) is 5.91 Å². The number of nitrogens with one attached hydrogen (secondary N) is 1. The summed E-state index contributed by atoms with van der Waals surface area (Å²) in [5, 5.41) is 8.38. The normalized spacial score (nSPS) is 12.7. The molecule has 28 heavy (non-hydrogen) atoms. The number of aromatic nitrogens is 2. The van der Waals surface area contributed by atoms with E-state index in [2.05, 4.69) is 28.8 Å². The van der Waals surface area contributed by atoms with Gasteiger partial charge in [-0.2, -0.15) is 0 Å². The molecule has 0 unspecified atom stereocenters.